The molecule has 0 aromatic heterocycles. The molecule has 2 N–H and O–H groups in total. The van der Waals surface area contributed by atoms with E-state index in [1.54, 1.807) is 0 Å². The maximum atomic E-state index is 12.0. The van der Waals surface area contributed by atoms with Crippen molar-refractivity contribution in [2.45, 2.75) is 18.2 Å². The molecule has 1 unspecified atom stereocenters. The van der Waals surface area contributed by atoms with Crippen LogP contribution >= 0.6 is 23.2 Å². The molecular formula is C11H15Cl2NO3S. The number of nitrogens with one attached hydrogen (secondary N) is 1. The fourth-order valence-electron chi connectivity index (χ4n) is 1.34. The molecule has 0 bridgehead atoms. The van der Waals surface area contributed by atoms with Crippen LogP contribution in [0, 0.1) is 5.92 Å². The second kappa shape index (κ2) is 6.73. The number of hydrogen-bond donors (Lipinski definition) is 2. The number of benzene rings is 1. The molecule has 0 amide bonds. The zero-order valence-electron chi connectivity index (χ0n) is 9.86. The van der Waals surface area contributed by atoms with Crippen molar-refractivity contribution in [2.75, 3.05) is 13.2 Å². The maximum absolute atomic E-state index is 12.0. The highest BCUT2D eigenvalue weighted by atomic mass is 35.5. The normalized spacial score (nSPS) is 13.6. The van der Waals surface area contributed by atoms with Gasteiger partial charge in [-0.3, -0.25) is 0 Å². The van der Waals surface area contributed by atoms with Crippen LogP contribution in [0.3, 0.4) is 0 Å². The SMILES string of the molecule is CC(CCO)CNS(=O)(=O)c1cc(Cl)ccc1Cl. The lowest BCUT2D eigenvalue weighted by atomic mass is 10.1. The van der Waals surface area contributed by atoms with Crippen LogP contribution < -0.4 is 4.72 Å². The number of aliphatic hydroxyl groups excluding tert-OH is 1. The van der Waals surface area contributed by atoms with E-state index in [1.165, 1.54) is 18.2 Å². The summed E-state index contributed by atoms with van der Waals surface area (Å²) in [7, 11) is -3.67. The smallest absolute Gasteiger partial charge is 0.242 e. The fraction of sp³-hybridized carbons (Fsp3) is 0.455. The minimum absolute atomic E-state index is 0.0286. The van der Waals surface area contributed by atoms with Gasteiger partial charge in [0.1, 0.15) is 4.90 Å². The summed E-state index contributed by atoms with van der Waals surface area (Å²) < 4.78 is 26.4. The Hall–Kier alpha value is -0.330. The van der Waals surface area contributed by atoms with Gasteiger partial charge in [-0.1, -0.05) is 30.1 Å². The fourth-order valence-corrected chi connectivity index (χ4v) is 3.26. The van der Waals surface area contributed by atoms with Gasteiger partial charge in [-0.15, -0.1) is 0 Å². The summed E-state index contributed by atoms with van der Waals surface area (Å²) in [5.74, 6) is 0.0442. The Morgan fingerprint density at radius 3 is 2.67 bits per heavy atom. The summed E-state index contributed by atoms with van der Waals surface area (Å²) in [4.78, 5) is -0.0344. The predicted octanol–water partition coefficient (Wildman–Crippen LogP) is 2.29. The molecule has 0 radical (unpaired) electrons. The van der Waals surface area contributed by atoms with Crippen LogP contribution in [0.4, 0.5) is 0 Å². The molecule has 7 heteroatoms. The van der Waals surface area contributed by atoms with E-state index in [1.807, 2.05) is 6.92 Å². The van der Waals surface area contributed by atoms with Gasteiger partial charge in [0, 0.05) is 18.2 Å². The van der Waals surface area contributed by atoms with Gasteiger partial charge in [0.05, 0.1) is 5.02 Å². The molecule has 102 valence electrons. The van der Waals surface area contributed by atoms with Crippen molar-refractivity contribution in [1.82, 2.24) is 4.72 Å². The number of sulfonamides is 1. The van der Waals surface area contributed by atoms with E-state index in [2.05, 4.69) is 4.72 Å². The summed E-state index contributed by atoms with van der Waals surface area (Å²) in [6.45, 7) is 2.12. The zero-order valence-corrected chi connectivity index (χ0v) is 12.2. The Balaban J connectivity index is 2.83. The first-order valence-electron chi connectivity index (χ1n) is 5.42. The lowest BCUT2D eigenvalue weighted by Gasteiger charge is -2.12. The van der Waals surface area contributed by atoms with Gasteiger partial charge >= 0.3 is 0 Å². The van der Waals surface area contributed by atoms with Gasteiger partial charge in [0.15, 0.2) is 0 Å². The zero-order chi connectivity index (χ0) is 13.8. The average Bonchev–Trinajstić information content (AvgIpc) is 2.30. The van der Waals surface area contributed by atoms with Crippen molar-refractivity contribution in [2.24, 2.45) is 5.92 Å². The topological polar surface area (TPSA) is 66.4 Å². The minimum atomic E-state index is -3.67. The highest BCUT2D eigenvalue weighted by Crippen LogP contribution is 2.24. The Morgan fingerprint density at radius 1 is 1.39 bits per heavy atom. The number of hydrogen-bond acceptors (Lipinski definition) is 3. The Bertz CT molecular complexity index is 505. The summed E-state index contributed by atoms with van der Waals surface area (Å²) >= 11 is 11.6. The highest BCUT2D eigenvalue weighted by molar-refractivity contribution is 7.89. The third kappa shape index (κ3) is 4.40. The quantitative estimate of drug-likeness (QED) is 0.847. The lowest BCUT2D eigenvalue weighted by Crippen LogP contribution is -2.29. The van der Waals surface area contributed by atoms with Crippen LogP contribution in [0.15, 0.2) is 23.1 Å². The second-order valence-electron chi connectivity index (χ2n) is 4.04. The van der Waals surface area contributed by atoms with Crippen molar-refractivity contribution in [1.29, 1.82) is 0 Å². The predicted molar refractivity (Wildman–Crippen MR) is 72.5 cm³/mol. The third-order valence-electron chi connectivity index (χ3n) is 2.43. The maximum Gasteiger partial charge on any atom is 0.242 e. The largest absolute Gasteiger partial charge is 0.396 e. The van der Waals surface area contributed by atoms with Crippen LogP contribution in [-0.2, 0) is 10.0 Å². The van der Waals surface area contributed by atoms with Crippen molar-refractivity contribution in [3.05, 3.63) is 28.2 Å². The number of aliphatic hydroxyl groups is 1. The molecule has 18 heavy (non-hydrogen) atoms. The summed E-state index contributed by atoms with van der Waals surface area (Å²) in [6.07, 6.45) is 0.534. The first-order valence-corrected chi connectivity index (χ1v) is 7.66. The molecular weight excluding hydrogens is 297 g/mol. The summed E-state index contributed by atoms with van der Waals surface area (Å²) in [5, 5.41) is 9.18. The number of halogens is 2. The third-order valence-corrected chi connectivity index (χ3v) is 4.57. The van der Waals surface area contributed by atoms with Crippen molar-refractivity contribution in [3.63, 3.8) is 0 Å². The van der Waals surface area contributed by atoms with Crippen LogP contribution in [-0.4, -0.2) is 26.7 Å². The van der Waals surface area contributed by atoms with E-state index < -0.39 is 10.0 Å². The molecule has 1 rings (SSSR count). The molecule has 0 aliphatic carbocycles. The molecule has 0 heterocycles. The molecule has 1 aromatic rings. The Morgan fingerprint density at radius 2 is 2.06 bits per heavy atom. The van der Waals surface area contributed by atoms with E-state index in [4.69, 9.17) is 28.3 Å². The van der Waals surface area contributed by atoms with Crippen molar-refractivity contribution < 1.29 is 13.5 Å². The molecule has 0 fully saturated rings. The Kier molecular flexibility index (Phi) is 5.88. The van der Waals surface area contributed by atoms with Gasteiger partial charge in [-0.2, -0.15) is 0 Å². The summed E-state index contributed by atoms with van der Waals surface area (Å²) in [5.41, 5.74) is 0. The second-order valence-corrected chi connectivity index (χ2v) is 6.62. The first kappa shape index (κ1) is 15.7. The molecule has 0 aliphatic rings. The Labute approximate surface area is 117 Å². The molecule has 1 aromatic carbocycles. The van der Waals surface area contributed by atoms with Crippen molar-refractivity contribution in [3.8, 4) is 0 Å². The van der Waals surface area contributed by atoms with Crippen LogP contribution in [0.5, 0.6) is 0 Å². The van der Waals surface area contributed by atoms with E-state index >= 15 is 0 Å². The minimum Gasteiger partial charge on any atom is -0.396 e. The van der Waals surface area contributed by atoms with E-state index in [0.29, 0.717) is 11.4 Å². The molecule has 4 nitrogen and oxygen atoms in total. The highest BCUT2D eigenvalue weighted by Gasteiger charge is 2.18. The molecule has 0 saturated heterocycles. The van der Waals surface area contributed by atoms with E-state index in [-0.39, 0.29) is 29.0 Å². The van der Waals surface area contributed by atoms with Gasteiger partial charge < -0.3 is 5.11 Å². The van der Waals surface area contributed by atoms with Gasteiger partial charge in [-0.25, -0.2) is 13.1 Å². The lowest BCUT2D eigenvalue weighted by molar-refractivity contribution is 0.263. The van der Waals surface area contributed by atoms with Crippen molar-refractivity contribution >= 4 is 33.2 Å². The average molecular weight is 312 g/mol. The summed E-state index contributed by atoms with van der Waals surface area (Å²) in [6, 6.07) is 4.27. The standard InChI is InChI=1S/C11H15Cl2NO3S/c1-8(4-5-15)7-14-18(16,17)11-6-9(12)2-3-10(11)13/h2-3,6,8,14-15H,4-5,7H2,1H3. The van der Waals surface area contributed by atoms with Gasteiger partial charge in [0.25, 0.3) is 0 Å². The van der Waals surface area contributed by atoms with Crippen LogP contribution in [0.1, 0.15) is 13.3 Å². The van der Waals surface area contributed by atoms with Crippen LogP contribution in [0.2, 0.25) is 10.0 Å². The molecule has 0 spiro atoms. The monoisotopic (exact) mass is 311 g/mol. The first-order chi connectivity index (χ1) is 8.36. The number of rotatable bonds is 6. The van der Waals surface area contributed by atoms with E-state index in [0.717, 1.165) is 0 Å². The van der Waals surface area contributed by atoms with Crippen LogP contribution in [0.25, 0.3) is 0 Å². The molecule has 1 atom stereocenters. The molecule has 0 aliphatic heterocycles. The van der Waals surface area contributed by atoms with Gasteiger partial charge in [-0.05, 0) is 30.5 Å². The molecule has 0 saturated carbocycles. The van der Waals surface area contributed by atoms with E-state index in [9.17, 15) is 8.42 Å². The van der Waals surface area contributed by atoms with Gasteiger partial charge in [0.2, 0.25) is 10.0 Å².